The number of benzene rings is 1. The molecule has 0 radical (unpaired) electrons. The van der Waals surface area contributed by atoms with Gasteiger partial charge in [-0.1, -0.05) is 17.7 Å². The van der Waals surface area contributed by atoms with Gasteiger partial charge in [0.25, 0.3) is 0 Å². The van der Waals surface area contributed by atoms with Crippen LogP contribution < -0.4 is 5.32 Å². The van der Waals surface area contributed by atoms with Crippen molar-refractivity contribution >= 4 is 17.6 Å². The Morgan fingerprint density at radius 2 is 2.28 bits per heavy atom. The molecule has 0 saturated carbocycles. The quantitative estimate of drug-likeness (QED) is 0.885. The van der Waals surface area contributed by atoms with Gasteiger partial charge in [-0.2, -0.15) is 0 Å². The average Bonchev–Trinajstić information content (AvgIpc) is 2.92. The van der Waals surface area contributed by atoms with Crippen molar-refractivity contribution in [3.63, 3.8) is 0 Å². The number of nitrogens with one attached hydrogen (secondary N) is 1. The summed E-state index contributed by atoms with van der Waals surface area (Å²) >= 11 is 6.11. The van der Waals surface area contributed by atoms with Gasteiger partial charge >= 0.3 is 6.03 Å². The highest BCUT2D eigenvalue weighted by atomic mass is 35.5. The molecule has 138 valence electrons. The molecule has 2 aliphatic rings. The smallest absolute Gasteiger partial charge is 0.317 e. The fourth-order valence-electron chi connectivity index (χ4n) is 3.32. The Kier molecular flexibility index (Phi) is 5.51. The number of amides is 2. The van der Waals surface area contributed by atoms with Crippen LogP contribution in [0, 0.1) is 5.82 Å². The van der Waals surface area contributed by atoms with Crippen molar-refractivity contribution in [2.24, 2.45) is 0 Å². The summed E-state index contributed by atoms with van der Waals surface area (Å²) in [4.78, 5) is 14.1. The lowest BCUT2D eigenvalue weighted by Gasteiger charge is -2.33. The van der Waals surface area contributed by atoms with Crippen LogP contribution in [0.3, 0.4) is 0 Å². The molecule has 0 aliphatic carbocycles. The van der Waals surface area contributed by atoms with Gasteiger partial charge in [0.2, 0.25) is 0 Å². The number of rotatable bonds is 3. The molecule has 1 N–H and O–H groups in total. The number of nitrogens with zero attached hydrogens (tertiary/aromatic N) is 1. The summed E-state index contributed by atoms with van der Waals surface area (Å²) in [5, 5.41) is 3.26. The molecule has 2 amide bonds. The summed E-state index contributed by atoms with van der Waals surface area (Å²) in [5.74, 6) is -0.390. The van der Waals surface area contributed by atoms with Crippen molar-refractivity contribution in [3.05, 3.63) is 34.6 Å². The van der Waals surface area contributed by atoms with Gasteiger partial charge in [-0.25, -0.2) is 9.18 Å². The van der Waals surface area contributed by atoms with Crippen molar-refractivity contribution in [1.29, 1.82) is 0 Å². The minimum atomic E-state index is -0.390. The first-order chi connectivity index (χ1) is 11.8. The van der Waals surface area contributed by atoms with E-state index >= 15 is 0 Å². The van der Waals surface area contributed by atoms with Gasteiger partial charge in [0.15, 0.2) is 0 Å². The van der Waals surface area contributed by atoms with Gasteiger partial charge in [0.05, 0.1) is 24.9 Å². The monoisotopic (exact) mass is 370 g/mol. The molecule has 1 aromatic rings. The Bertz CT molecular complexity index is 641. The van der Waals surface area contributed by atoms with Crippen molar-refractivity contribution in [1.82, 2.24) is 10.2 Å². The predicted molar refractivity (Wildman–Crippen MR) is 93.3 cm³/mol. The van der Waals surface area contributed by atoms with Crippen LogP contribution in [0.2, 0.25) is 5.02 Å². The number of hydrogen-bond acceptors (Lipinski definition) is 3. The van der Waals surface area contributed by atoms with Crippen molar-refractivity contribution in [2.75, 3.05) is 26.2 Å². The highest BCUT2D eigenvalue weighted by Crippen LogP contribution is 2.30. The van der Waals surface area contributed by atoms with Gasteiger partial charge in [0, 0.05) is 23.7 Å². The lowest BCUT2D eigenvalue weighted by Crippen LogP contribution is -2.48. The third-order valence-corrected chi connectivity index (χ3v) is 5.03. The number of carbonyl (C=O) groups is 1. The van der Waals surface area contributed by atoms with Crippen LogP contribution in [0.15, 0.2) is 18.2 Å². The first-order valence-electron chi connectivity index (χ1n) is 8.61. The minimum absolute atomic E-state index is 0.0577. The fourth-order valence-corrected chi connectivity index (χ4v) is 3.61. The fraction of sp³-hybridized carbons (Fsp3) is 0.611. The number of ether oxygens (including phenoxy) is 2. The Labute approximate surface area is 152 Å². The van der Waals surface area contributed by atoms with Crippen molar-refractivity contribution < 1.29 is 18.7 Å². The number of halogens is 2. The molecule has 2 fully saturated rings. The molecule has 2 atom stereocenters. The van der Waals surface area contributed by atoms with E-state index in [-0.39, 0.29) is 23.8 Å². The SMILES string of the molecule is CC1(C)CCC(CNC(=O)N2CCOC(c3ccc(F)cc3Cl)C2)O1. The molecule has 2 unspecified atom stereocenters. The molecule has 2 heterocycles. The van der Waals surface area contributed by atoms with E-state index in [0.717, 1.165) is 12.8 Å². The van der Waals surface area contributed by atoms with Crippen molar-refractivity contribution in [3.8, 4) is 0 Å². The van der Waals surface area contributed by atoms with E-state index in [0.29, 0.717) is 36.8 Å². The normalized spacial score (nSPS) is 25.8. The zero-order valence-corrected chi connectivity index (χ0v) is 15.3. The van der Waals surface area contributed by atoms with E-state index in [1.807, 2.05) is 0 Å². The highest BCUT2D eigenvalue weighted by molar-refractivity contribution is 6.31. The third-order valence-electron chi connectivity index (χ3n) is 4.70. The lowest BCUT2D eigenvalue weighted by molar-refractivity contribution is -0.0211. The van der Waals surface area contributed by atoms with Crippen LogP contribution in [-0.2, 0) is 9.47 Å². The van der Waals surface area contributed by atoms with Crippen LogP contribution >= 0.6 is 11.6 Å². The molecule has 0 aromatic heterocycles. The molecular formula is C18H24ClFN2O3. The van der Waals surface area contributed by atoms with Crippen LogP contribution in [0.1, 0.15) is 38.4 Å². The molecule has 1 aromatic carbocycles. The number of urea groups is 1. The Morgan fingerprint density at radius 3 is 2.96 bits per heavy atom. The molecular weight excluding hydrogens is 347 g/mol. The van der Waals surface area contributed by atoms with Crippen LogP contribution in [0.25, 0.3) is 0 Å². The minimum Gasteiger partial charge on any atom is -0.371 e. The molecule has 3 rings (SSSR count). The predicted octanol–water partition coefficient (Wildman–Crippen LogP) is 3.52. The second-order valence-corrected chi connectivity index (χ2v) is 7.60. The summed E-state index contributed by atoms with van der Waals surface area (Å²) in [5.41, 5.74) is 0.583. The number of morpholine rings is 1. The number of hydrogen-bond donors (Lipinski definition) is 1. The van der Waals surface area contributed by atoms with E-state index in [1.165, 1.54) is 12.1 Å². The molecule has 25 heavy (non-hydrogen) atoms. The van der Waals surface area contributed by atoms with E-state index in [1.54, 1.807) is 11.0 Å². The average molecular weight is 371 g/mol. The topological polar surface area (TPSA) is 50.8 Å². The Morgan fingerprint density at radius 1 is 1.48 bits per heavy atom. The number of carbonyl (C=O) groups excluding carboxylic acids is 1. The first kappa shape index (κ1) is 18.4. The summed E-state index contributed by atoms with van der Waals surface area (Å²) in [6.45, 7) is 5.94. The van der Waals surface area contributed by atoms with Crippen molar-refractivity contribution in [2.45, 2.75) is 44.5 Å². The van der Waals surface area contributed by atoms with Crippen LogP contribution in [0.4, 0.5) is 9.18 Å². The molecule has 2 saturated heterocycles. The van der Waals surface area contributed by atoms with Gasteiger partial charge in [0.1, 0.15) is 11.9 Å². The maximum atomic E-state index is 13.2. The van der Waals surface area contributed by atoms with Gasteiger partial charge < -0.3 is 19.7 Å². The van der Waals surface area contributed by atoms with E-state index in [9.17, 15) is 9.18 Å². The van der Waals surface area contributed by atoms with Crippen LogP contribution in [-0.4, -0.2) is 48.9 Å². The molecule has 5 nitrogen and oxygen atoms in total. The summed E-state index contributed by atoms with van der Waals surface area (Å²) in [6.07, 6.45) is 1.65. The zero-order chi connectivity index (χ0) is 18.0. The maximum absolute atomic E-state index is 13.2. The lowest BCUT2D eigenvalue weighted by atomic mass is 10.1. The Balaban J connectivity index is 1.55. The second-order valence-electron chi connectivity index (χ2n) is 7.20. The van der Waals surface area contributed by atoms with E-state index in [4.69, 9.17) is 21.1 Å². The largest absolute Gasteiger partial charge is 0.371 e. The molecule has 7 heteroatoms. The summed E-state index contributed by atoms with van der Waals surface area (Å²) < 4.78 is 24.8. The summed E-state index contributed by atoms with van der Waals surface area (Å²) in [6, 6.07) is 4.08. The maximum Gasteiger partial charge on any atom is 0.317 e. The highest BCUT2D eigenvalue weighted by Gasteiger charge is 2.32. The third kappa shape index (κ3) is 4.63. The van der Waals surface area contributed by atoms with E-state index < -0.39 is 5.82 Å². The standard InChI is InChI=1S/C18H24ClFN2O3/c1-18(2)6-5-13(25-18)10-21-17(23)22-7-8-24-16(11-22)14-4-3-12(20)9-15(14)19/h3-4,9,13,16H,5-8,10-11H2,1-2H3,(H,21,23). The van der Waals surface area contributed by atoms with E-state index in [2.05, 4.69) is 19.2 Å². The Hall–Kier alpha value is -1.37. The molecule has 0 spiro atoms. The van der Waals surface area contributed by atoms with Gasteiger partial charge in [-0.3, -0.25) is 0 Å². The van der Waals surface area contributed by atoms with Gasteiger partial charge in [-0.15, -0.1) is 0 Å². The second kappa shape index (κ2) is 7.48. The zero-order valence-electron chi connectivity index (χ0n) is 14.6. The first-order valence-corrected chi connectivity index (χ1v) is 8.99. The van der Waals surface area contributed by atoms with Gasteiger partial charge in [-0.05, 0) is 38.8 Å². The molecule has 2 aliphatic heterocycles. The van der Waals surface area contributed by atoms with Crippen LogP contribution in [0.5, 0.6) is 0 Å². The summed E-state index contributed by atoms with van der Waals surface area (Å²) in [7, 11) is 0. The molecule has 0 bridgehead atoms.